The normalized spacial score (nSPS) is 11.2. The van der Waals surface area contributed by atoms with Gasteiger partial charge in [0.2, 0.25) is 5.91 Å². The summed E-state index contributed by atoms with van der Waals surface area (Å²) >= 11 is 0. The number of para-hydroxylation sites is 1. The molecular weight excluding hydrogens is 411 g/mol. The van der Waals surface area contributed by atoms with Crippen LogP contribution in [0.4, 0.5) is 13.2 Å². The molecule has 31 heavy (non-hydrogen) atoms. The van der Waals surface area contributed by atoms with Crippen LogP contribution in [0.1, 0.15) is 18.1 Å². The summed E-state index contributed by atoms with van der Waals surface area (Å²) in [5.74, 6) is -0.974. The second kappa shape index (κ2) is 9.46. The third kappa shape index (κ3) is 6.18. The van der Waals surface area contributed by atoms with E-state index in [2.05, 4.69) is 15.2 Å². The summed E-state index contributed by atoms with van der Waals surface area (Å²) in [6.45, 7) is 1.47. The second-order valence-corrected chi connectivity index (χ2v) is 6.70. The van der Waals surface area contributed by atoms with Gasteiger partial charge in [0.25, 0.3) is 5.56 Å². The highest BCUT2D eigenvalue weighted by atomic mass is 19.4. The van der Waals surface area contributed by atoms with Crippen LogP contribution in [0.15, 0.2) is 65.5 Å². The van der Waals surface area contributed by atoms with Gasteiger partial charge in [-0.25, -0.2) is 4.68 Å². The molecule has 0 aliphatic rings. The number of carbonyl (C=O) groups is 1. The van der Waals surface area contributed by atoms with Crippen molar-refractivity contribution in [1.29, 1.82) is 0 Å². The molecule has 9 heteroatoms. The van der Waals surface area contributed by atoms with Crippen LogP contribution in [0.3, 0.4) is 0 Å². The number of rotatable bonds is 7. The predicted octanol–water partition coefficient (Wildman–Crippen LogP) is 3.69. The van der Waals surface area contributed by atoms with Crippen LogP contribution in [-0.4, -0.2) is 22.1 Å². The topological polar surface area (TPSA) is 73.2 Å². The lowest BCUT2D eigenvalue weighted by molar-refractivity contribution is -0.274. The van der Waals surface area contributed by atoms with Gasteiger partial charge in [-0.3, -0.25) is 9.59 Å². The smallest absolute Gasteiger partial charge is 0.405 e. The highest BCUT2D eigenvalue weighted by molar-refractivity contribution is 5.75. The van der Waals surface area contributed by atoms with Crippen LogP contribution < -0.4 is 15.6 Å². The van der Waals surface area contributed by atoms with Gasteiger partial charge in [-0.2, -0.15) is 5.10 Å². The number of alkyl halides is 3. The maximum atomic E-state index is 12.5. The number of hydrogen-bond donors (Lipinski definition) is 1. The molecule has 3 rings (SSSR count). The maximum absolute atomic E-state index is 12.5. The Morgan fingerprint density at radius 2 is 1.77 bits per heavy atom. The molecule has 0 atom stereocenters. The molecule has 0 radical (unpaired) electrons. The number of ether oxygens (including phenoxy) is 1. The van der Waals surface area contributed by atoms with Gasteiger partial charge >= 0.3 is 6.36 Å². The molecule has 6 nitrogen and oxygen atoms in total. The SMILES string of the molecule is CCc1ccc(-c2ccc(=O)n(CC(=O)NCc3ccccc3OC(F)(F)F)n2)cc1. The zero-order chi connectivity index (χ0) is 22.4. The van der Waals surface area contributed by atoms with Crippen molar-refractivity contribution in [3.8, 4) is 17.0 Å². The summed E-state index contributed by atoms with van der Waals surface area (Å²) in [6.07, 6.45) is -3.95. The van der Waals surface area contributed by atoms with Crippen LogP contribution >= 0.6 is 0 Å². The van der Waals surface area contributed by atoms with E-state index in [1.807, 2.05) is 31.2 Å². The molecule has 1 aromatic heterocycles. The minimum absolute atomic E-state index is 0.151. The van der Waals surface area contributed by atoms with Gasteiger partial charge in [0.15, 0.2) is 0 Å². The third-order valence-corrected chi connectivity index (χ3v) is 4.49. The molecule has 3 aromatic rings. The van der Waals surface area contributed by atoms with Crippen molar-refractivity contribution in [3.63, 3.8) is 0 Å². The van der Waals surface area contributed by atoms with E-state index in [1.54, 1.807) is 6.07 Å². The zero-order valence-electron chi connectivity index (χ0n) is 16.6. The summed E-state index contributed by atoms with van der Waals surface area (Å²) in [4.78, 5) is 24.4. The lowest BCUT2D eigenvalue weighted by Crippen LogP contribution is -2.33. The molecule has 1 heterocycles. The monoisotopic (exact) mass is 431 g/mol. The first-order chi connectivity index (χ1) is 14.7. The van der Waals surface area contributed by atoms with Crippen LogP contribution in [-0.2, 0) is 24.3 Å². The molecule has 0 aliphatic heterocycles. The molecule has 0 fully saturated rings. The van der Waals surface area contributed by atoms with Crippen LogP contribution in [0.5, 0.6) is 5.75 Å². The Labute approximate surface area is 176 Å². The van der Waals surface area contributed by atoms with E-state index in [-0.39, 0.29) is 18.7 Å². The van der Waals surface area contributed by atoms with Crippen LogP contribution in [0.25, 0.3) is 11.3 Å². The van der Waals surface area contributed by atoms with Crippen molar-refractivity contribution in [2.45, 2.75) is 32.8 Å². The summed E-state index contributed by atoms with van der Waals surface area (Å²) in [5, 5.41) is 6.72. The van der Waals surface area contributed by atoms with E-state index in [1.165, 1.54) is 24.3 Å². The van der Waals surface area contributed by atoms with Gasteiger partial charge in [-0.05, 0) is 24.1 Å². The fourth-order valence-corrected chi connectivity index (χ4v) is 2.89. The lowest BCUT2D eigenvalue weighted by Gasteiger charge is -2.14. The fraction of sp³-hybridized carbons (Fsp3) is 0.227. The first-order valence-electron chi connectivity index (χ1n) is 9.53. The Morgan fingerprint density at radius 3 is 2.45 bits per heavy atom. The number of nitrogens with zero attached hydrogens (tertiary/aromatic N) is 2. The zero-order valence-corrected chi connectivity index (χ0v) is 16.6. The molecule has 0 saturated carbocycles. The maximum Gasteiger partial charge on any atom is 0.573 e. The number of aromatic nitrogens is 2. The largest absolute Gasteiger partial charge is 0.573 e. The van der Waals surface area contributed by atoms with Crippen LogP contribution in [0, 0.1) is 0 Å². The minimum Gasteiger partial charge on any atom is -0.405 e. The molecule has 0 saturated heterocycles. The molecule has 1 amide bonds. The standard InChI is InChI=1S/C22H20F3N3O3/c1-2-15-7-9-16(10-8-15)18-11-12-21(30)28(27-18)14-20(29)26-13-17-5-3-4-6-19(17)31-22(23,24)25/h3-12H,2,13-14H2,1H3,(H,26,29). The molecule has 162 valence electrons. The third-order valence-electron chi connectivity index (χ3n) is 4.49. The first kappa shape index (κ1) is 22.1. The Kier molecular flexibility index (Phi) is 6.74. The minimum atomic E-state index is -4.84. The molecular formula is C22H20F3N3O3. The van der Waals surface area contributed by atoms with Crippen molar-refractivity contribution < 1.29 is 22.7 Å². The number of hydrogen-bond acceptors (Lipinski definition) is 4. The second-order valence-electron chi connectivity index (χ2n) is 6.70. The van der Waals surface area contributed by atoms with Crippen molar-refractivity contribution in [1.82, 2.24) is 15.1 Å². The Balaban J connectivity index is 1.69. The predicted molar refractivity (Wildman–Crippen MR) is 108 cm³/mol. The molecule has 0 aliphatic carbocycles. The van der Waals surface area contributed by atoms with Crippen molar-refractivity contribution in [2.24, 2.45) is 0 Å². The average molecular weight is 431 g/mol. The van der Waals surface area contributed by atoms with E-state index in [4.69, 9.17) is 0 Å². The summed E-state index contributed by atoms with van der Waals surface area (Å²) in [6, 6.07) is 16.1. The Morgan fingerprint density at radius 1 is 1.06 bits per heavy atom. The Hall–Kier alpha value is -3.62. The number of amides is 1. The number of benzene rings is 2. The van der Waals surface area contributed by atoms with E-state index < -0.39 is 23.6 Å². The molecule has 1 N–H and O–H groups in total. The van der Waals surface area contributed by atoms with Gasteiger partial charge in [0.1, 0.15) is 12.3 Å². The van der Waals surface area contributed by atoms with E-state index >= 15 is 0 Å². The van der Waals surface area contributed by atoms with Gasteiger partial charge in [-0.15, -0.1) is 13.2 Å². The summed E-state index contributed by atoms with van der Waals surface area (Å²) in [5.41, 5.74) is 2.16. The van der Waals surface area contributed by atoms with Crippen LogP contribution in [0.2, 0.25) is 0 Å². The van der Waals surface area contributed by atoms with Crippen molar-refractivity contribution >= 4 is 5.91 Å². The van der Waals surface area contributed by atoms with E-state index in [9.17, 15) is 22.8 Å². The molecule has 0 bridgehead atoms. The quantitative estimate of drug-likeness (QED) is 0.619. The summed E-state index contributed by atoms with van der Waals surface area (Å²) < 4.78 is 42.5. The van der Waals surface area contributed by atoms with E-state index in [0.29, 0.717) is 5.69 Å². The van der Waals surface area contributed by atoms with Crippen molar-refractivity contribution in [2.75, 3.05) is 0 Å². The van der Waals surface area contributed by atoms with Gasteiger partial charge < -0.3 is 10.1 Å². The van der Waals surface area contributed by atoms with Crippen molar-refractivity contribution in [3.05, 3.63) is 82.1 Å². The van der Waals surface area contributed by atoms with Gasteiger partial charge in [-0.1, -0.05) is 49.4 Å². The van der Waals surface area contributed by atoms with Gasteiger partial charge in [0.05, 0.1) is 5.69 Å². The highest BCUT2D eigenvalue weighted by Gasteiger charge is 2.32. The number of aryl methyl sites for hydroxylation is 1. The molecule has 0 spiro atoms. The number of nitrogens with one attached hydrogen (secondary N) is 1. The lowest BCUT2D eigenvalue weighted by atomic mass is 10.1. The van der Waals surface area contributed by atoms with E-state index in [0.717, 1.165) is 28.3 Å². The van der Waals surface area contributed by atoms with Gasteiger partial charge in [0, 0.05) is 23.7 Å². The summed E-state index contributed by atoms with van der Waals surface area (Å²) in [7, 11) is 0. The Bertz CT molecular complexity index is 1110. The number of carbonyl (C=O) groups excluding carboxylic acids is 1. The molecule has 2 aromatic carbocycles. The average Bonchev–Trinajstić information content (AvgIpc) is 2.74. The number of halogens is 3. The fourth-order valence-electron chi connectivity index (χ4n) is 2.89. The first-order valence-corrected chi connectivity index (χ1v) is 9.53. The highest BCUT2D eigenvalue weighted by Crippen LogP contribution is 2.26. The molecule has 0 unspecified atom stereocenters.